The van der Waals surface area contributed by atoms with E-state index in [0.29, 0.717) is 12.1 Å². The number of fused-ring (bicyclic) bond motifs is 1. The molecule has 0 bridgehead atoms. The maximum absolute atomic E-state index is 11.0. The van der Waals surface area contributed by atoms with Gasteiger partial charge in [-0.05, 0) is 24.6 Å². The van der Waals surface area contributed by atoms with Crippen molar-refractivity contribution in [2.24, 2.45) is 0 Å². The lowest BCUT2D eigenvalue weighted by Crippen LogP contribution is -2.07. The molecule has 1 aromatic carbocycles. The van der Waals surface area contributed by atoms with E-state index >= 15 is 0 Å². The van der Waals surface area contributed by atoms with Gasteiger partial charge in [0.25, 0.3) is 5.69 Å². The minimum absolute atomic E-state index is 0.104. The maximum Gasteiger partial charge on any atom is 0.274 e. The Bertz CT molecular complexity index is 812. The molecule has 3 aromatic rings. The SMILES string of the molecule is Cc1cc(NCc2ccccc2[N+](=O)[O-])n2ncnc2c1. The van der Waals surface area contributed by atoms with Gasteiger partial charge in [0.2, 0.25) is 0 Å². The lowest BCUT2D eigenvalue weighted by atomic mass is 10.2. The van der Waals surface area contributed by atoms with E-state index < -0.39 is 0 Å². The summed E-state index contributed by atoms with van der Waals surface area (Å²) >= 11 is 0. The van der Waals surface area contributed by atoms with E-state index in [9.17, 15) is 10.1 Å². The fourth-order valence-corrected chi connectivity index (χ4v) is 2.21. The first-order valence-corrected chi connectivity index (χ1v) is 6.42. The standard InChI is InChI=1S/C14H13N5O2/c1-10-6-13(18-14(7-10)16-9-17-18)15-8-11-4-2-3-5-12(11)19(20)21/h2-7,9,15H,8H2,1H3. The van der Waals surface area contributed by atoms with Crippen molar-refractivity contribution in [1.29, 1.82) is 0 Å². The molecule has 0 aliphatic carbocycles. The molecule has 0 fully saturated rings. The molecule has 0 unspecified atom stereocenters. The van der Waals surface area contributed by atoms with E-state index in [1.807, 2.05) is 19.1 Å². The Morgan fingerprint density at radius 1 is 1.33 bits per heavy atom. The van der Waals surface area contributed by atoms with Gasteiger partial charge in [0.15, 0.2) is 5.65 Å². The van der Waals surface area contributed by atoms with E-state index in [-0.39, 0.29) is 10.6 Å². The van der Waals surface area contributed by atoms with Crippen LogP contribution >= 0.6 is 0 Å². The summed E-state index contributed by atoms with van der Waals surface area (Å²) in [6.45, 7) is 2.31. The van der Waals surface area contributed by atoms with E-state index in [1.54, 1.807) is 22.7 Å². The topological polar surface area (TPSA) is 85.4 Å². The molecule has 106 valence electrons. The molecular formula is C14H13N5O2. The highest BCUT2D eigenvalue weighted by Gasteiger charge is 2.12. The third-order valence-corrected chi connectivity index (χ3v) is 3.17. The Kier molecular flexibility index (Phi) is 3.23. The first-order chi connectivity index (χ1) is 10.1. The van der Waals surface area contributed by atoms with Gasteiger partial charge in [-0.1, -0.05) is 18.2 Å². The number of anilines is 1. The number of aryl methyl sites for hydroxylation is 1. The van der Waals surface area contributed by atoms with Crippen molar-refractivity contribution in [3.8, 4) is 0 Å². The van der Waals surface area contributed by atoms with Gasteiger partial charge in [-0.3, -0.25) is 10.1 Å². The van der Waals surface area contributed by atoms with Crippen molar-refractivity contribution < 1.29 is 4.92 Å². The Morgan fingerprint density at radius 3 is 2.95 bits per heavy atom. The van der Waals surface area contributed by atoms with Crippen LogP contribution in [0.25, 0.3) is 5.65 Å². The number of aromatic nitrogens is 3. The monoisotopic (exact) mass is 283 g/mol. The first kappa shape index (κ1) is 13.0. The van der Waals surface area contributed by atoms with Crippen LogP contribution in [0.2, 0.25) is 0 Å². The van der Waals surface area contributed by atoms with E-state index in [0.717, 1.165) is 17.0 Å². The third-order valence-electron chi connectivity index (χ3n) is 3.17. The van der Waals surface area contributed by atoms with Gasteiger partial charge in [-0.2, -0.15) is 9.61 Å². The van der Waals surface area contributed by atoms with Crippen LogP contribution in [-0.4, -0.2) is 19.5 Å². The van der Waals surface area contributed by atoms with Crippen molar-refractivity contribution in [3.05, 3.63) is 64.0 Å². The van der Waals surface area contributed by atoms with Gasteiger partial charge in [0.1, 0.15) is 12.1 Å². The lowest BCUT2D eigenvalue weighted by Gasteiger charge is -2.09. The second kappa shape index (κ2) is 5.20. The highest BCUT2D eigenvalue weighted by atomic mass is 16.6. The molecule has 0 amide bonds. The van der Waals surface area contributed by atoms with Crippen molar-refractivity contribution in [2.75, 3.05) is 5.32 Å². The van der Waals surface area contributed by atoms with Crippen molar-refractivity contribution in [1.82, 2.24) is 14.6 Å². The number of nitrogens with one attached hydrogen (secondary N) is 1. The zero-order valence-corrected chi connectivity index (χ0v) is 11.4. The molecule has 7 heteroatoms. The Labute approximate surface area is 120 Å². The summed E-state index contributed by atoms with van der Waals surface area (Å²) in [5.41, 5.74) is 2.50. The first-order valence-electron chi connectivity index (χ1n) is 6.42. The van der Waals surface area contributed by atoms with Crippen LogP contribution in [0, 0.1) is 17.0 Å². The minimum Gasteiger partial charge on any atom is -0.366 e. The maximum atomic E-state index is 11.0. The van der Waals surface area contributed by atoms with Crippen LogP contribution in [-0.2, 0) is 6.54 Å². The van der Waals surface area contributed by atoms with Gasteiger partial charge >= 0.3 is 0 Å². The predicted octanol–water partition coefficient (Wildman–Crippen LogP) is 2.56. The van der Waals surface area contributed by atoms with Crippen LogP contribution in [0.3, 0.4) is 0 Å². The lowest BCUT2D eigenvalue weighted by molar-refractivity contribution is -0.385. The molecule has 0 saturated heterocycles. The van der Waals surface area contributed by atoms with Crippen LogP contribution < -0.4 is 5.32 Å². The molecule has 0 saturated carbocycles. The Morgan fingerprint density at radius 2 is 2.14 bits per heavy atom. The summed E-state index contributed by atoms with van der Waals surface area (Å²) in [6, 6.07) is 10.5. The Balaban J connectivity index is 1.90. The van der Waals surface area contributed by atoms with Crippen molar-refractivity contribution >= 4 is 17.2 Å². The number of rotatable bonds is 4. The van der Waals surface area contributed by atoms with E-state index in [4.69, 9.17) is 0 Å². The molecule has 0 atom stereocenters. The summed E-state index contributed by atoms with van der Waals surface area (Å²) in [7, 11) is 0. The predicted molar refractivity (Wildman–Crippen MR) is 78.1 cm³/mol. The second-order valence-electron chi connectivity index (χ2n) is 4.69. The second-order valence-corrected chi connectivity index (χ2v) is 4.69. The summed E-state index contributed by atoms with van der Waals surface area (Å²) in [5.74, 6) is 0.751. The number of nitro groups is 1. The Hall–Kier alpha value is -2.96. The molecule has 0 radical (unpaired) electrons. The molecule has 3 rings (SSSR count). The number of pyridine rings is 1. The van der Waals surface area contributed by atoms with Gasteiger partial charge < -0.3 is 5.32 Å². The molecule has 2 aromatic heterocycles. The average molecular weight is 283 g/mol. The van der Waals surface area contributed by atoms with Crippen LogP contribution in [0.5, 0.6) is 0 Å². The van der Waals surface area contributed by atoms with Crippen molar-refractivity contribution in [2.45, 2.75) is 13.5 Å². The molecular weight excluding hydrogens is 270 g/mol. The molecule has 7 nitrogen and oxygen atoms in total. The van der Waals surface area contributed by atoms with Gasteiger partial charge in [-0.25, -0.2) is 4.98 Å². The number of para-hydroxylation sites is 1. The molecule has 1 N–H and O–H groups in total. The largest absolute Gasteiger partial charge is 0.366 e. The third kappa shape index (κ3) is 2.53. The molecule has 0 spiro atoms. The average Bonchev–Trinajstić information content (AvgIpc) is 2.93. The van der Waals surface area contributed by atoms with Crippen molar-refractivity contribution in [3.63, 3.8) is 0 Å². The minimum atomic E-state index is -0.377. The van der Waals surface area contributed by atoms with Gasteiger partial charge in [0, 0.05) is 18.2 Å². The summed E-state index contributed by atoms with van der Waals surface area (Å²) in [5, 5.41) is 18.3. The highest BCUT2D eigenvalue weighted by molar-refractivity contribution is 5.52. The molecule has 2 heterocycles. The quantitative estimate of drug-likeness (QED) is 0.587. The summed E-state index contributed by atoms with van der Waals surface area (Å²) < 4.78 is 1.67. The van der Waals surface area contributed by atoms with Crippen LogP contribution in [0.1, 0.15) is 11.1 Å². The summed E-state index contributed by atoms with van der Waals surface area (Å²) in [6.07, 6.45) is 1.48. The zero-order chi connectivity index (χ0) is 14.8. The number of nitro benzene ring substituents is 1. The smallest absolute Gasteiger partial charge is 0.274 e. The molecule has 0 aliphatic heterocycles. The normalized spacial score (nSPS) is 10.7. The van der Waals surface area contributed by atoms with Gasteiger partial charge in [-0.15, -0.1) is 0 Å². The number of benzene rings is 1. The molecule has 0 aliphatic rings. The molecule has 21 heavy (non-hydrogen) atoms. The van der Waals surface area contributed by atoms with Crippen LogP contribution in [0.15, 0.2) is 42.7 Å². The van der Waals surface area contributed by atoms with Crippen LogP contribution in [0.4, 0.5) is 11.5 Å². The van der Waals surface area contributed by atoms with E-state index in [2.05, 4.69) is 15.4 Å². The van der Waals surface area contributed by atoms with E-state index in [1.165, 1.54) is 12.4 Å². The summed E-state index contributed by atoms with van der Waals surface area (Å²) in [4.78, 5) is 14.8. The zero-order valence-electron chi connectivity index (χ0n) is 11.4. The number of hydrogen-bond acceptors (Lipinski definition) is 5. The highest BCUT2D eigenvalue weighted by Crippen LogP contribution is 2.20. The number of nitrogens with zero attached hydrogens (tertiary/aromatic N) is 4. The van der Waals surface area contributed by atoms with Gasteiger partial charge in [0.05, 0.1) is 4.92 Å². The number of hydrogen-bond donors (Lipinski definition) is 1. The fourth-order valence-electron chi connectivity index (χ4n) is 2.21. The fraction of sp³-hybridized carbons (Fsp3) is 0.143.